The number of anilines is 1. The van der Waals surface area contributed by atoms with Crippen LogP contribution in [0.25, 0.3) is 0 Å². The number of benzene rings is 3. The maximum Gasteiger partial charge on any atom is 0.251 e. The smallest absolute Gasteiger partial charge is 0.251 e. The van der Waals surface area contributed by atoms with Crippen molar-refractivity contribution in [3.63, 3.8) is 0 Å². The van der Waals surface area contributed by atoms with Crippen molar-refractivity contribution >= 4 is 33.2 Å². The molecule has 0 aliphatic rings. The predicted octanol–water partition coefficient (Wildman–Crippen LogP) is 4.12. The molecule has 0 aromatic heterocycles. The van der Waals surface area contributed by atoms with Gasteiger partial charge in [-0.15, -0.1) is 0 Å². The van der Waals surface area contributed by atoms with Crippen molar-refractivity contribution < 1.29 is 22.7 Å². The molecule has 0 aliphatic carbocycles. The highest BCUT2D eigenvalue weighted by atomic mass is 35.5. The van der Waals surface area contributed by atoms with E-state index in [1.54, 1.807) is 72.8 Å². The van der Waals surface area contributed by atoms with Gasteiger partial charge in [0.2, 0.25) is 10.0 Å². The van der Waals surface area contributed by atoms with Crippen molar-refractivity contribution in [1.82, 2.24) is 5.32 Å². The molecule has 0 saturated heterocycles. The van der Waals surface area contributed by atoms with Gasteiger partial charge in [0.15, 0.2) is 0 Å². The molecule has 0 heterocycles. The Bertz CT molecular complexity index is 1180. The van der Waals surface area contributed by atoms with Gasteiger partial charge in [-0.25, -0.2) is 8.42 Å². The molecule has 1 amide bonds. The number of rotatable bonds is 10. The Labute approximate surface area is 198 Å². The van der Waals surface area contributed by atoms with E-state index in [-0.39, 0.29) is 12.5 Å². The third kappa shape index (κ3) is 6.87. The number of methoxy groups -OCH3 is 1. The van der Waals surface area contributed by atoms with Crippen molar-refractivity contribution in [2.24, 2.45) is 0 Å². The Balaban J connectivity index is 1.60. The van der Waals surface area contributed by atoms with Gasteiger partial charge in [-0.3, -0.25) is 9.10 Å². The Morgan fingerprint density at radius 3 is 2.30 bits per heavy atom. The quantitative estimate of drug-likeness (QED) is 0.434. The van der Waals surface area contributed by atoms with Crippen LogP contribution in [0.3, 0.4) is 0 Å². The normalized spacial score (nSPS) is 11.0. The molecule has 0 aliphatic heterocycles. The molecule has 0 fully saturated rings. The number of para-hydroxylation sites is 2. The molecular weight excluding hydrogens is 464 g/mol. The highest BCUT2D eigenvalue weighted by molar-refractivity contribution is 7.92. The van der Waals surface area contributed by atoms with E-state index in [2.05, 4.69) is 5.32 Å². The number of ether oxygens (including phenoxy) is 2. The number of carbonyl (C=O) groups excluding carboxylic acids is 1. The van der Waals surface area contributed by atoms with Crippen molar-refractivity contribution in [2.75, 3.05) is 30.8 Å². The summed E-state index contributed by atoms with van der Waals surface area (Å²) in [6, 6.07) is 20.7. The van der Waals surface area contributed by atoms with E-state index in [4.69, 9.17) is 21.1 Å². The highest BCUT2D eigenvalue weighted by Gasteiger charge is 2.21. The van der Waals surface area contributed by atoms with E-state index < -0.39 is 10.0 Å². The minimum Gasteiger partial charge on any atom is -0.495 e. The second-order valence-electron chi connectivity index (χ2n) is 7.20. The van der Waals surface area contributed by atoms with E-state index in [9.17, 15) is 13.2 Å². The van der Waals surface area contributed by atoms with Crippen LogP contribution in [-0.4, -0.2) is 40.8 Å². The topological polar surface area (TPSA) is 84.9 Å². The van der Waals surface area contributed by atoms with Crippen LogP contribution >= 0.6 is 11.6 Å². The van der Waals surface area contributed by atoms with Gasteiger partial charge in [0.25, 0.3) is 5.91 Å². The molecule has 0 unspecified atom stereocenters. The molecule has 3 rings (SSSR count). The lowest BCUT2D eigenvalue weighted by Crippen LogP contribution is -2.30. The first kappa shape index (κ1) is 24.4. The van der Waals surface area contributed by atoms with E-state index in [0.29, 0.717) is 40.9 Å². The number of nitrogens with zero attached hydrogens (tertiary/aromatic N) is 1. The van der Waals surface area contributed by atoms with Gasteiger partial charge in [-0.1, -0.05) is 35.9 Å². The van der Waals surface area contributed by atoms with Crippen molar-refractivity contribution in [2.45, 2.75) is 6.54 Å². The third-order valence-electron chi connectivity index (χ3n) is 4.77. The monoisotopic (exact) mass is 488 g/mol. The van der Waals surface area contributed by atoms with Gasteiger partial charge in [0.05, 0.1) is 32.1 Å². The van der Waals surface area contributed by atoms with Crippen LogP contribution in [-0.2, 0) is 16.6 Å². The van der Waals surface area contributed by atoms with E-state index in [1.165, 1.54) is 11.4 Å². The van der Waals surface area contributed by atoms with Gasteiger partial charge in [0, 0.05) is 10.6 Å². The molecule has 3 aromatic rings. The molecule has 0 spiro atoms. The van der Waals surface area contributed by atoms with Gasteiger partial charge in [-0.2, -0.15) is 0 Å². The Morgan fingerprint density at radius 1 is 1.00 bits per heavy atom. The maximum absolute atomic E-state index is 12.4. The molecule has 0 saturated carbocycles. The lowest BCUT2D eigenvalue weighted by Gasteiger charge is -2.24. The summed E-state index contributed by atoms with van der Waals surface area (Å²) < 4.78 is 37.0. The van der Waals surface area contributed by atoms with Crippen molar-refractivity contribution in [1.29, 1.82) is 0 Å². The lowest BCUT2D eigenvalue weighted by atomic mass is 10.1. The summed E-state index contributed by atoms with van der Waals surface area (Å²) >= 11 is 5.84. The third-order valence-corrected chi connectivity index (χ3v) is 6.14. The van der Waals surface area contributed by atoms with Crippen molar-refractivity contribution in [3.8, 4) is 11.5 Å². The van der Waals surface area contributed by atoms with E-state index >= 15 is 0 Å². The minimum atomic E-state index is -3.56. The predicted molar refractivity (Wildman–Crippen MR) is 130 cm³/mol. The molecule has 0 atom stereocenters. The second kappa shape index (κ2) is 11.1. The highest BCUT2D eigenvalue weighted by Crippen LogP contribution is 2.30. The summed E-state index contributed by atoms with van der Waals surface area (Å²) in [7, 11) is -2.07. The summed E-state index contributed by atoms with van der Waals surface area (Å²) in [6.07, 6.45) is 1.15. The lowest BCUT2D eigenvalue weighted by molar-refractivity contribution is 0.0947. The molecule has 3 aromatic carbocycles. The summed E-state index contributed by atoms with van der Waals surface area (Å²) in [5, 5.41) is 3.42. The largest absolute Gasteiger partial charge is 0.495 e. The Hall–Kier alpha value is -3.23. The number of sulfonamides is 1. The fourth-order valence-electron chi connectivity index (χ4n) is 3.11. The number of hydrogen-bond donors (Lipinski definition) is 1. The molecule has 0 bridgehead atoms. The molecule has 9 heteroatoms. The van der Waals surface area contributed by atoms with Crippen LogP contribution < -0.4 is 19.1 Å². The fraction of sp³-hybridized carbons (Fsp3) is 0.208. The zero-order valence-electron chi connectivity index (χ0n) is 18.3. The number of carbonyl (C=O) groups is 1. The number of halogens is 1. The van der Waals surface area contributed by atoms with Crippen LogP contribution in [0.1, 0.15) is 15.9 Å². The average molecular weight is 489 g/mol. The zero-order valence-corrected chi connectivity index (χ0v) is 19.9. The summed E-state index contributed by atoms with van der Waals surface area (Å²) in [6.45, 7) is 0.753. The first-order valence-corrected chi connectivity index (χ1v) is 12.4. The van der Waals surface area contributed by atoms with E-state index in [0.717, 1.165) is 11.8 Å². The molecule has 1 N–H and O–H groups in total. The maximum atomic E-state index is 12.4. The van der Waals surface area contributed by atoms with Crippen LogP contribution in [0.5, 0.6) is 11.5 Å². The standard InChI is InChI=1S/C24H25ClN2O5S/c1-31-23-6-4-3-5-22(23)27(33(2,29)30)17-18-7-9-19(10-8-18)24(28)26-15-16-32-21-13-11-20(25)12-14-21/h3-14H,15-17H2,1-2H3,(H,26,28). The Morgan fingerprint density at radius 2 is 1.67 bits per heavy atom. The van der Waals surface area contributed by atoms with Crippen LogP contribution in [0.15, 0.2) is 72.8 Å². The Kier molecular flexibility index (Phi) is 8.19. The number of hydrogen-bond acceptors (Lipinski definition) is 5. The average Bonchev–Trinajstić information content (AvgIpc) is 2.81. The second-order valence-corrected chi connectivity index (χ2v) is 9.54. The molecule has 7 nitrogen and oxygen atoms in total. The molecular formula is C24H25ClN2O5S. The molecule has 33 heavy (non-hydrogen) atoms. The summed E-state index contributed by atoms with van der Waals surface area (Å²) in [5.74, 6) is 0.883. The molecule has 174 valence electrons. The van der Waals surface area contributed by atoms with Gasteiger partial charge in [-0.05, 0) is 54.1 Å². The van der Waals surface area contributed by atoms with Crippen LogP contribution in [0.2, 0.25) is 5.02 Å². The summed E-state index contributed by atoms with van der Waals surface area (Å²) in [5.41, 5.74) is 1.65. The van der Waals surface area contributed by atoms with Gasteiger partial charge < -0.3 is 14.8 Å². The van der Waals surface area contributed by atoms with Crippen LogP contribution in [0, 0.1) is 0 Å². The summed E-state index contributed by atoms with van der Waals surface area (Å²) in [4.78, 5) is 12.4. The zero-order chi connectivity index (χ0) is 23.8. The van der Waals surface area contributed by atoms with Crippen molar-refractivity contribution in [3.05, 3.63) is 88.9 Å². The van der Waals surface area contributed by atoms with Crippen LogP contribution in [0.4, 0.5) is 5.69 Å². The van der Waals surface area contributed by atoms with Gasteiger partial charge >= 0.3 is 0 Å². The van der Waals surface area contributed by atoms with E-state index in [1.807, 2.05) is 0 Å². The van der Waals surface area contributed by atoms with Gasteiger partial charge in [0.1, 0.15) is 18.1 Å². The minimum absolute atomic E-state index is 0.107. The fourth-order valence-corrected chi connectivity index (χ4v) is 4.13. The SMILES string of the molecule is COc1ccccc1N(Cc1ccc(C(=O)NCCOc2ccc(Cl)cc2)cc1)S(C)(=O)=O. The number of nitrogens with one attached hydrogen (secondary N) is 1. The number of amides is 1. The first-order valence-electron chi connectivity index (χ1n) is 10.1. The first-order chi connectivity index (χ1) is 15.8. The molecule has 0 radical (unpaired) electrons.